The molecule has 1 amide bonds. The molecule has 7 heteroatoms. The van der Waals surface area contributed by atoms with Crippen molar-refractivity contribution < 1.29 is 14.3 Å². The van der Waals surface area contributed by atoms with Crippen molar-refractivity contribution in [2.75, 3.05) is 19.7 Å². The van der Waals surface area contributed by atoms with Crippen molar-refractivity contribution in [2.24, 2.45) is 0 Å². The van der Waals surface area contributed by atoms with Crippen LogP contribution < -0.4 is 10.7 Å². The second kappa shape index (κ2) is 6.47. The van der Waals surface area contributed by atoms with Gasteiger partial charge in [0.15, 0.2) is 5.43 Å². The number of rotatable bonds is 4. The molecular formula is C16H18FN3O3. The Morgan fingerprint density at radius 2 is 2.13 bits per heavy atom. The molecule has 1 aliphatic heterocycles. The monoisotopic (exact) mass is 319 g/mol. The van der Waals surface area contributed by atoms with Gasteiger partial charge in [-0.3, -0.25) is 14.5 Å². The minimum Gasteiger partial charge on any atom is -0.396 e. The summed E-state index contributed by atoms with van der Waals surface area (Å²) >= 11 is 0. The molecule has 0 aliphatic carbocycles. The van der Waals surface area contributed by atoms with Gasteiger partial charge in [-0.15, -0.1) is 0 Å². The maximum absolute atomic E-state index is 13.2. The van der Waals surface area contributed by atoms with Crippen LogP contribution in [-0.4, -0.2) is 46.6 Å². The molecule has 1 saturated heterocycles. The normalized spacial score (nSPS) is 19.0. The average molecular weight is 319 g/mol. The van der Waals surface area contributed by atoms with Gasteiger partial charge >= 0.3 is 0 Å². The molecule has 1 aliphatic rings. The Balaban J connectivity index is 1.89. The van der Waals surface area contributed by atoms with Crippen LogP contribution in [0.3, 0.4) is 0 Å². The highest BCUT2D eigenvalue weighted by molar-refractivity contribution is 5.82. The van der Waals surface area contributed by atoms with E-state index in [0.29, 0.717) is 42.7 Å². The van der Waals surface area contributed by atoms with Crippen molar-refractivity contribution in [2.45, 2.75) is 19.0 Å². The molecule has 1 aromatic heterocycles. The molecule has 0 bridgehead atoms. The number of carbonyl (C=O) groups is 1. The molecular weight excluding hydrogens is 301 g/mol. The number of hydrogen-bond donors (Lipinski definition) is 3. The maximum atomic E-state index is 13.2. The fourth-order valence-electron chi connectivity index (χ4n) is 2.97. The Hall–Kier alpha value is -2.25. The average Bonchev–Trinajstić information content (AvgIpc) is 2.52. The van der Waals surface area contributed by atoms with E-state index in [1.54, 1.807) is 0 Å². The number of nitrogens with zero attached hydrogens (tertiary/aromatic N) is 1. The first-order valence-corrected chi connectivity index (χ1v) is 7.52. The third-order valence-corrected chi connectivity index (χ3v) is 4.07. The molecule has 6 nitrogen and oxygen atoms in total. The number of hydrogen-bond acceptors (Lipinski definition) is 4. The number of aliphatic hydroxyl groups excluding tert-OH is 1. The third-order valence-electron chi connectivity index (χ3n) is 4.07. The predicted octanol–water partition coefficient (Wildman–Crippen LogP) is 0.350. The number of aromatic amines is 1. The minimum atomic E-state index is -0.452. The Morgan fingerprint density at radius 1 is 1.30 bits per heavy atom. The van der Waals surface area contributed by atoms with E-state index in [4.69, 9.17) is 5.11 Å². The highest BCUT2D eigenvalue weighted by atomic mass is 19.1. The van der Waals surface area contributed by atoms with Gasteiger partial charge in [0.1, 0.15) is 5.82 Å². The fraction of sp³-hybridized carbons (Fsp3) is 0.375. The Bertz CT molecular complexity index is 790. The third kappa shape index (κ3) is 3.25. The summed E-state index contributed by atoms with van der Waals surface area (Å²) in [6.07, 6.45) is 0.342. The number of carbonyl (C=O) groups excluding carboxylic acids is 1. The largest absolute Gasteiger partial charge is 0.396 e. The minimum absolute atomic E-state index is 0.0812. The first-order valence-electron chi connectivity index (χ1n) is 7.52. The lowest BCUT2D eigenvalue weighted by Crippen LogP contribution is -2.55. The molecule has 0 spiro atoms. The number of benzene rings is 1. The predicted molar refractivity (Wildman–Crippen MR) is 83.4 cm³/mol. The van der Waals surface area contributed by atoms with E-state index in [-0.39, 0.29) is 17.9 Å². The number of halogens is 1. The van der Waals surface area contributed by atoms with Crippen LogP contribution in [0.15, 0.2) is 29.1 Å². The zero-order valence-electron chi connectivity index (χ0n) is 12.5. The van der Waals surface area contributed by atoms with E-state index in [9.17, 15) is 14.0 Å². The number of H-pyrrole nitrogens is 1. The lowest BCUT2D eigenvalue weighted by atomic mass is 10.1. The molecule has 1 aromatic carbocycles. The van der Waals surface area contributed by atoms with E-state index in [1.165, 1.54) is 24.3 Å². The van der Waals surface area contributed by atoms with E-state index in [0.717, 1.165) is 0 Å². The van der Waals surface area contributed by atoms with Crippen molar-refractivity contribution in [1.82, 2.24) is 15.2 Å². The maximum Gasteiger partial charge on any atom is 0.237 e. The molecule has 2 heterocycles. The molecule has 2 aromatic rings. The summed E-state index contributed by atoms with van der Waals surface area (Å²) in [7, 11) is 0. The van der Waals surface area contributed by atoms with Crippen LogP contribution in [-0.2, 0) is 11.3 Å². The second-order valence-electron chi connectivity index (χ2n) is 5.64. The van der Waals surface area contributed by atoms with Gasteiger partial charge in [0.25, 0.3) is 0 Å². The summed E-state index contributed by atoms with van der Waals surface area (Å²) in [6.45, 7) is 1.48. The van der Waals surface area contributed by atoms with E-state index >= 15 is 0 Å². The molecule has 122 valence electrons. The van der Waals surface area contributed by atoms with Crippen LogP contribution in [0.25, 0.3) is 10.9 Å². The topological polar surface area (TPSA) is 85.4 Å². The summed E-state index contributed by atoms with van der Waals surface area (Å²) in [6, 6.07) is 5.06. The number of pyridine rings is 1. The van der Waals surface area contributed by atoms with Crippen LogP contribution in [0.2, 0.25) is 0 Å². The number of aromatic nitrogens is 1. The summed E-state index contributed by atoms with van der Waals surface area (Å²) in [5.74, 6) is -0.568. The van der Waals surface area contributed by atoms with Gasteiger partial charge < -0.3 is 15.4 Å². The zero-order valence-corrected chi connectivity index (χ0v) is 12.5. The molecule has 1 fully saturated rings. The number of aliphatic hydroxyl groups is 1. The van der Waals surface area contributed by atoms with E-state index < -0.39 is 11.9 Å². The first-order chi connectivity index (χ1) is 11.1. The summed E-state index contributed by atoms with van der Waals surface area (Å²) in [5.41, 5.74) is 0.967. The number of amides is 1. The SMILES string of the molecule is O=C1NCCN(Cc2cc(=O)c3cc(F)ccc3[nH]2)[C@H]1CCO. The van der Waals surface area contributed by atoms with Gasteiger partial charge in [-0.25, -0.2) is 4.39 Å². The van der Waals surface area contributed by atoms with Crippen LogP contribution in [0.1, 0.15) is 12.1 Å². The zero-order chi connectivity index (χ0) is 16.4. The summed E-state index contributed by atoms with van der Waals surface area (Å²) in [4.78, 5) is 29.1. The van der Waals surface area contributed by atoms with Crippen molar-refractivity contribution in [3.63, 3.8) is 0 Å². The highest BCUT2D eigenvalue weighted by Gasteiger charge is 2.29. The van der Waals surface area contributed by atoms with Crippen molar-refractivity contribution in [3.05, 3.63) is 46.0 Å². The van der Waals surface area contributed by atoms with Crippen molar-refractivity contribution in [3.8, 4) is 0 Å². The summed E-state index contributed by atoms with van der Waals surface area (Å²) < 4.78 is 13.2. The van der Waals surface area contributed by atoms with Gasteiger partial charge in [0, 0.05) is 48.9 Å². The molecule has 0 radical (unpaired) electrons. The fourth-order valence-corrected chi connectivity index (χ4v) is 2.97. The lowest BCUT2D eigenvalue weighted by molar-refractivity contribution is -0.130. The Morgan fingerprint density at radius 3 is 2.91 bits per heavy atom. The van der Waals surface area contributed by atoms with Gasteiger partial charge in [0.05, 0.1) is 6.04 Å². The number of piperazine rings is 1. The molecule has 3 rings (SSSR count). The number of nitrogens with one attached hydrogen (secondary N) is 2. The summed E-state index contributed by atoms with van der Waals surface area (Å²) in [5, 5.41) is 12.2. The van der Waals surface area contributed by atoms with Crippen LogP contribution in [0.5, 0.6) is 0 Å². The van der Waals surface area contributed by atoms with Crippen LogP contribution >= 0.6 is 0 Å². The quantitative estimate of drug-likeness (QED) is 0.759. The Labute approximate surface area is 131 Å². The second-order valence-corrected chi connectivity index (χ2v) is 5.64. The molecule has 3 N–H and O–H groups in total. The smallest absolute Gasteiger partial charge is 0.237 e. The van der Waals surface area contributed by atoms with Crippen LogP contribution in [0, 0.1) is 5.82 Å². The van der Waals surface area contributed by atoms with Gasteiger partial charge in [-0.2, -0.15) is 0 Å². The highest BCUT2D eigenvalue weighted by Crippen LogP contribution is 2.15. The van der Waals surface area contributed by atoms with Crippen molar-refractivity contribution >= 4 is 16.8 Å². The number of fused-ring (bicyclic) bond motifs is 1. The van der Waals surface area contributed by atoms with E-state index in [1.807, 2.05) is 4.90 Å². The van der Waals surface area contributed by atoms with Gasteiger partial charge in [-0.05, 0) is 24.6 Å². The molecule has 0 saturated carbocycles. The molecule has 1 atom stereocenters. The molecule has 23 heavy (non-hydrogen) atoms. The standard InChI is InChI=1S/C16H18FN3O3/c17-10-1-2-13-12(7-10)15(22)8-11(19-13)9-20-5-4-18-16(23)14(20)3-6-21/h1-2,7-8,14,21H,3-6,9H2,(H,18,23)(H,19,22)/t14-/m0/s1. The van der Waals surface area contributed by atoms with E-state index in [2.05, 4.69) is 10.3 Å². The molecule has 0 unspecified atom stereocenters. The van der Waals surface area contributed by atoms with Gasteiger partial charge in [0.2, 0.25) is 5.91 Å². The lowest BCUT2D eigenvalue weighted by Gasteiger charge is -2.34. The van der Waals surface area contributed by atoms with Gasteiger partial charge in [-0.1, -0.05) is 0 Å². The van der Waals surface area contributed by atoms with Crippen LogP contribution in [0.4, 0.5) is 4.39 Å². The van der Waals surface area contributed by atoms with Crippen molar-refractivity contribution in [1.29, 1.82) is 0 Å². The Kier molecular flexibility index (Phi) is 4.40. The first kappa shape index (κ1) is 15.6.